The molecule has 0 aliphatic carbocycles. The molecule has 1 aliphatic heterocycles. The Morgan fingerprint density at radius 1 is 0.852 bits per heavy atom. The molecule has 27 heavy (non-hydrogen) atoms. The summed E-state index contributed by atoms with van der Waals surface area (Å²) in [4.78, 5) is 19.7. The molecule has 0 saturated carbocycles. The van der Waals surface area contributed by atoms with Crippen LogP contribution in [0.1, 0.15) is 44.3 Å². The second-order valence-electron chi connectivity index (χ2n) is 7.34. The lowest BCUT2D eigenvalue weighted by atomic mass is 10.1. The van der Waals surface area contributed by atoms with Gasteiger partial charge in [-0.25, -0.2) is 4.98 Å². The minimum atomic E-state index is 0.267. The van der Waals surface area contributed by atoms with Crippen LogP contribution >= 0.6 is 0 Å². The average molecular weight is 361 g/mol. The highest BCUT2D eigenvalue weighted by atomic mass is 16.2. The number of hydrogen-bond donors (Lipinski definition) is 0. The van der Waals surface area contributed by atoms with Gasteiger partial charge in [-0.1, -0.05) is 49.6 Å². The molecular formula is C23H27N3O. The Hall–Kier alpha value is -2.62. The third-order valence-corrected chi connectivity index (χ3v) is 5.42. The van der Waals surface area contributed by atoms with Crippen LogP contribution in [0, 0.1) is 0 Å². The van der Waals surface area contributed by atoms with Gasteiger partial charge in [0.1, 0.15) is 5.82 Å². The zero-order valence-electron chi connectivity index (χ0n) is 15.8. The fraction of sp³-hybridized carbons (Fsp3) is 0.391. The van der Waals surface area contributed by atoms with E-state index in [1.807, 2.05) is 36.4 Å². The van der Waals surface area contributed by atoms with Gasteiger partial charge in [0.05, 0.1) is 11.0 Å². The number of carbonyl (C=O) groups is 1. The molecule has 0 spiro atoms. The minimum absolute atomic E-state index is 0.267. The maximum atomic E-state index is 12.8. The molecule has 4 rings (SSSR count). The Bertz CT molecular complexity index is 892. The number of nitrogens with zero attached hydrogens (tertiary/aromatic N) is 3. The molecule has 1 saturated heterocycles. The molecule has 3 aromatic rings. The van der Waals surface area contributed by atoms with Gasteiger partial charge in [-0.15, -0.1) is 0 Å². The predicted octanol–water partition coefficient (Wildman–Crippen LogP) is 4.75. The van der Waals surface area contributed by atoms with Crippen molar-refractivity contribution in [3.05, 3.63) is 60.4 Å². The number of para-hydroxylation sites is 3. The zero-order chi connectivity index (χ0) is 18.5. The lowest BCUT2D eigenvalue weighted by molar-refractivity contribution is -0.131. The molecule has 0 bridgehead atoms. The SMILES string of the molecule is O=C(CCc1nc2ccccc2n1-c1ccccc1)N1CCCCCCC1. The van der Waals surface area contributed by atoms with Crippen LogP contribution in [0.3, 0.4) is 0 Å². The number of likely N-dealkylation sites (tertiary alicyclic amines) is 1. The molecule has 140 valence electrons. The maximum absolute atomic E-state index is 12.8. The van der Waals surface area contributed by atoms with E-state index in [0.29, 0.717) is 12.8 Å². The van der Waals surface area contributed by atoms with Gasteiger partial charge < -0.3 is 4.90 Å². The second kappa shape index (κ2) is 8.38. The summed E-state index contributed by atoms with van der Waals surface area (Å²) in [5.74, 6) is 1.23. The van der Waals surface area contributed by atoms with Gasteiger partial charge >= 0.3 is 0 Å². The summed E-state index contributed by atoms with van der Waals surface area (Å²) in [6.45, 7) is 1.82. The summed E-state index contributed by atoms with van der Waals surface area (Å²) < 4.78 is 2.19. The van der Waals surface area contributed by atoms with Crippen LogP contribution in [0.2, 0.25) is 0 Å². The lowest BCUT2D eigenvalue weighted by Crippen LogP contribution is -2.34. The summed E-state index contributed by atoms with van der Waals surface area (Å²) in [7, 11) is 0. The molecule has 1 amide bonds. The summed E-state index contributed by atoms with van der Waals surface area (Å²) in [6, 6.07) is 18.5. The molecule has 1 fully saturated rings. The second-order valence-corrected chi connectivity index (χ2v) is 7.34. The molecule has 2 heterocycles. The first-order valence-corrected chi connectivity index (χ1v) is 10.1. The van der Waals surface area contributed by atoms with Crippen LogP contribution in [0.15, 0.2) is 54.6 Å². The van der Waals surface area contributed by atoms with Gasteiger partial charge in [-0.05, 0) is 37.1 Å². The van der Waals surface area contributed by atoms with Crippen molar-refractivity contribution in [1.82, 2.24) is 14.5 Å². The fourth-order valence-corrected chi connectivity index (χ4v) is 3.98. The largest absolute Gasteiger partial charge is 0.343 e. The smallest absolute Gasteiger partial charge is 0.223 e. The Labute approximate surface area is 160 Å². The first-order chi connectivity index (χ1) is 13.3. The first kappa shape index (κ1) is 17.8. The Morgan fingerprint density at radius 3 is 2.30 bits per heavy atom. The molecule has 1 aliphatic rings. The number of imidazole rings is 1. The topological polar surface area (TPSA) is 38.1 Å². The van der Waals surface area contributed by atoms with E-state index in [2.05, 4.69) is 27.7 Å². The van der Waals surface area contributed by atoms with Crippen molar-refractivity contribution in [2.75, 3.05) is 13.1 Å². The number of carbonyl (C=O) groups excluding carboxylic acids is 1. The Balaban J connectivity index is 1.56. The van der Waals surface area contributed by atoms with Crippen LogP contribution in [-0.4, -0.2) is 33.4 Å². The van der Waals surface area contributed by atoms with Crippen molar-refractivity contribution in [1.29, 1.82) is 0 Å². The Morgan fingerprint density at radius 2 is 1.52 bits per heavy atom. The molecular weight excluding hydrogens is 334 g/mol. The summed E-state index contributed by atoms with van der Waals surface area (Å²) >= 11 is 0. The van der Waals surface area contributed by atoms with Gasteiger partial charge in [0.15, 0.2) is 0 Å². The Kier molecular flexibility index (Phi) is 5.52. The van der Waals surface area contributed by atoms with Crippen LogP contribution in [0.5, 0.6) is 0 Å². The molecule has 1 aromatic heterocycles. The number of aromatic nitrogens is 2. The number of aryl methyl sites for hydroxylation is 1. The van der Waals surface area contributed by atoms with Gasteiger partial charge in [0.2, 0.25) is 5.91 Å². The first-order valence-electron chi connectivity index (χ1n) is 10.1. The number of hydrogen-bond acceptors (Lipinski definition) is 2. The van der Waals surface area contributed by atoms with E-state index in [-0.39, 0.29) is 5.91 Å². The maximum Gasteiger partial charge on any atom is 0.223 e. The van der Waals surface area contributed by atoms with E-state index >= 15 is 0 Å². The molecule has 4 nitrogen and oxygen atoms in total. The normalized spacial score (nSPS) is 15.5. The monoisotopic (exact) mass is 361 g/mol. The van der Waals surface area contributed by atoms with Crippen LogP contribution in [0.4, 0.5) is 0 Å². The highest BCUT2D eigenvalue weighted by molar-refractivity contribution is 5.79. The van der Waals surface area contributed by atoms with Crippen molar-refractivity contribution in [2.45, 2.75) is 44.9 Å². The van der Waals surface area contributed by atoms with E-state index in [0.717, 1.165) is 48.5 Å². The number of fused-ring (bicyclic) bond motifs is 1. The third-order valence-electron chi connectivity index (χ3n) is 5.42. The average Bonchev–Trinajstić information content (AvgIpc) is 3.05. The van der Waals surface area contributed by atoms with Crippen molar-refractivity contribution in [3.63, 3.8) is 0 Å². The number of benzene rings is 2. The third kappa shape index (κ3) is 4.05. The van der Waals surface area contributed by atoms with E-state index in [1.165, 1.54) is 19.3 Å². The predicted molar refractivity (Wildman–Crippen MR) is 109 cm³/mol. The van der Waals surface area contributed by atoms with Crippen molar-refractivity contribution < 1.29 is 4.79 Å². The van der Waals surface area contributed by atoms with Crippen LogP contribution < -0.4 is 0 Å². The van der Waals surface area contributed by atoms with Crippen molar-refractivity contribution >= 4 is 16.9 Å². The van der Waals surface area contributed by atoms with Gasteiger partial charge in [0.25, 0.3) is 0 Å². The van der Waals surface area contributed by atoms with E-state index in [9.17, 15) is 4.79 Å². The quantitative estimate of drug-likeness (QED) is 0.672. The summed E-state index contributed by atoms with van der Waals surface area (Å²) in [5.41, 5.74) is 3.17. The highest BCUT2D eigenvalue weighted by Gasteiger charge is 2.17. The molecule has 0 atom stereocenters. The summed E-state index contributed by atoms with van der Waals surface area (Å²) in [5, 5.41) is 0. The van der Waals surface area contributed by atoms with E-state index in [1.54, 1.807) is 0 Å². The highest BCUT2D eigenvalue weighted by Crippen LogP contribution is 2.22. The van der Waals surface area contributed by atoms with Crippen molar-refractivity contribution in [3.8, 4) is 5.69 Å². The van der Waals surface area contributed by atoms with E-state index < -0.39 is 0 Å². The van der Waals surface area contributed by atoms with Gasteiger partial charge in [-0.2, -0.15) is 0 Å². The zero-order valence-corrected chi connectivity index (χ0v) is 15.8. The molecule has 2 aromatic carbocycles. The summed E-state index contributed by atoms with van der Waals surface area (Å²) in [6.07, 6.45) is 7.25. The van der Waals surface area contributed by atoms with Crippen LogP contribution in [-0.2, 0) is 11.2 Å². The van der Waals surface area contributed by atoms with Gasteiger partial charge in [-0.3, -0.25) is 9.36 Å². The molecule has 0 radical (unpaired) electrons. The van der Waals surface area contributed by atoms with Gasteiger partial charge in [0, 0.05) is 31.6 Å². The standard InChI is InChI=1S/C23H27N3O/c27-23(25-17-9-2-1-3-10-18-25)16-15-22-24-20-13-7-8-14-21(20)26(22)19-11-5-4-6-12-19/h4-8,11-14H,1-3,9-10,15-18H2. The molecule has 0 unspecified atom stereocenters. The van der Waals surface area contributed by atoms with Crippen molar-refractivity contribution in [2.24, 2.45) is 0 Å². The number of rotatable bonds is 4. The van der Waals surface area contributed by atoms with Crippen LogP contribution in [0.25, 0.3) is 16.7 Å². The minimum Gasteiger partial charge on any atom is -0.343 e. The molecule has 0 N–H and O–H groups in total. The fourth-order valence-electron chi connectivity index (χ4n) is 3.98. The molecule has 4 heteroatoms. The van der Waals surface area contributed by atoms with E-state index in [4.69, 9.17) is 4.98 Å². The lowest BCUT2D eigenvalue weighted by Gasteiger charge is -2.24. The number of amides is 1.